The molecule has 0 bridgehead atoms. The highest BCUT2D eigenvalue weighted by atomic mass is 35.5. The van der Waals surface area contributed by atoms with Gasteiger partial charge in [0.15, 0.2) is 0 Å². The van der Waals surface area contributed by atoms with E-state index < -0.39 is 5.54 Å². The monoisotopic (exact) mass is 241 g/mol. The smallest absolute Gasteiger partial charge is 0.224 e. The van der Waals surface area contributed by atoms with Crippen molar-refractivity contribution >= 4 is 17.5 Å². The zero-order chi connectivity index (χ0) is 12.2. The van der Waals surface area contributed by atoms with Gasteiger partial charge >= 0.3 is 0 Å². The number of carbonyl (C=O) groups is 1. The summed E-state index contributed by atoms with van der Waals surface area (Å²) in [4.78, 5) is 11.6. The number of hydrogen-bond acceptors (Lipinski definition) is 2. The van der Waals surface area contributed by atoms with Gasteiger partial charge in [-0.1, -0.05) is 23.7 Å². The van der Waals surface area contributed by atoms with E-state index in [1.807, 2.05) is 12.1 Å². The molecule has 88 valence electrons. The Hall–Kier alpha value is -1.06. The molecule has 1 aromatic rings. The Morgan fingerprint density at radius 1 is 1.50 bits per heavy atom. The summed E-state index contributed by atoms with van der Waals surface area (Å²) in [6, 6.07) is 7.17. The summed E-state index contributed by atoms with van der Waals surface area (Å²) < 4.78 is 0. The van der Waals surface area contributed by atoms with E-state index >= 15 is 0 Å². The third kappa shape index (κ3) is 4.21. The maximum Gasteiger partial charge on any atom is 0.224 e. The molecule has 0 saturated heterocycles. The summed E-state index contributed by atoms with van der Waals surface area (Å²) in [5.74, 6) is -0.124. The summed E-state index contributed by atoms with van der Waals surface area (Å²) >= 11 is 5.82. The highest BCUT2D eigenvalue weighted by Gasteiger charge is 2.18. The van der Waals surface area contributed by atoms with Crippen molar-refractivity contribution in [2.75, 3.05) is 6.61 Å². The van der Waals surface area contributed by atoms with Crippen molar-refractivity contribution in [3.05, 3.63) is 34.9 Å². The van der Waals surface area contributed by atoms with E-state index in [-0.39, 0.29) is 18.9 Å². The predicted octanol–water partition coefficient (Wildman–Crippen LogP) is 1.77. The van der Waals surface area contributed by atoms with Gasteiger partial charge < -0.3 is 10.4 Å². The maximum atomic E-state index is 11.6. The van der Waals surface area contributed by atoms with E-state index in [4.69, 9.17) is 16.7 Å². The Kier molecular flexibility index (Phi) is 4.33. The minimum Gasteiger partial charge on any atom is -0.394 e. The molecule has 0 aliphatic heterocycles. The molecular weight excluding hydrogens is 226 g/mol. The summed E-state index contributed by atoms with van der Waals surface area (Å²) in [5, 5.41) is 12.4. The fourth-order valence-corrected chi connectivity index (χ4v) is 1.51. The third-order valence-electron chi connectivity index (χ3n) is 2.13. The second-order valence-corrected chi connectivity index (χ2v) is 4.83. The molecule has 0 spiro atoms. The number of amides is 1. The van der Waals surface area contributed by atoms with Gasteiger partial charge in [-0.2, -0.15) is 0 Å². The van der Waals surface area contributed by atoms with Crippen molar-refractivity contribution in [1.82, 2.24) is 5.32 Å². The maximum absolute atomic E-state index is 11.6. The van der Waals surface area contributed by atoms with E-state index in [0.29, 0.717) is 5.02 Å². The molecule has 3 nitrogen and oxygen atoms in total. The normalized spacial score (nSPS) is 11.2. The Bertz CT molecular complexity index is 377. The lowest BCUT2D eigenvalue weighted by atomic mass is 10.1. The summed E-state index contributed by atoms with van der Waals surface area (Å²) in [7, 11) is 0. The first-order chi connectivity index (χ1) is 7.43. The number of rotatable bonds is 4. The molecular formula is C12H16ClNO2. The molecule has 1 aromatic carbocycles. The SMILES string of the molecule is CC(C)(CO)NC(=O)Cc1cccc(Cl)c1. The summed E-state index contributed by atoms with van der Waals surface area (Å²) in [5.41, 5.74) is 0.272. The van der Waals surface area contributed by atoms with Crippen molar-refractivity contribution in [3.8, 4) is 0 Å². The number of aliphatic hydroxyl groups is 1. The summed E-state index contributed by atoms with van der Waals surface area (Å²) in [6.07, 6.45) is 0.268. The fraction of sp³-hybridized carbons (Fsp3) is 0.417. The molecule has 0 saturated carbocycles. The van der Waals surface area contributed by atoms with Gasteiger partial charge in [-0.25, -0.2) is 0 Å². The van der Waals surface area contributed by atoms with Gasteiger partial charge in [0.05, 0.1) is 18.6 Å². The number of nitrogens with one attached hydrogen (secondary N) is 1. The molecule has 0 heterocycles. The highest BCUT2D eigenvalue weighted by molar-refractivity contribution is 6.30. The number of halogens is 1. The Labute approximate surface area is 100 Å². The first-order valence-electron chi connectivity index (χ1n) is 5.09. The van der Waals surface area contributed by atoms with Gasteiger partial charge in [0, 0.05) is 5.02 Å². The molecule has 0 aliphatic carbocycles. The zero-order valence-corrected chi connectivity index (χ0v) is 10.2. The highest BCUT2D eigenvalue weighted by Crippen LogP contribution is 2.11. The van der Waals surface area contributed by atoms with Crippen LogP contribution in [0.4, 0.5) is 0 Å². The lowest BCUT2D eigenvalue weighted by molar-refractivity contribution is -0.122. The standard InChI is InChI=1S/C12H16ClNO2/c1-12(2,8-15)14-11(16)7-9-4-3-5-10(13)6-9/h3-6,15H,7-8H2,1-2H3,(H,14,16). The van der Waals surface area contributed by atoms with Crippen LogP contribution in [0.25, 0.3) is 0 Å². The number of hydrogen-bond donors (Lipinski definition) is 2. The van der Waals surface area contributed by atoms with Gasteiger partial charge in [-0.05, 0) is 31.5 Å². The first-order valence-corrected chi connectivity index (χ1v) is 5.47. The number of benzene rings is 1. The van der Waals surface area contributed by atoms with Crippen LogP contribution in [0, 0.1) is 0 Å². The van der Waals surface area contributed by atoms with E-state index in [0.717, 1.165) is 5.56 Å². The fourth-order valence-electron chi connectivity index (χ4n) is 1.29. The lowest BCUT2D eigenvalue weighted by Crippen LogP contribution is -2.46. The Balaban J connectivity index is 2.59. The Morgan fingerprint density at radius 2 is 2.19 bits per heavy atom. The van der Waals surface area contributed by atoms with E-state index in [1.165, 1.54) is 0 Å². The van der Waals surface area contributed by atoms with Crippen LogP contribution in [0.5, 0.6) is 0 Å². The summed E-state index contributed by atoms with van der Waals surface area (Å²) in [6.45, 7) is 3.44. The molecule has 0 aromatic heterocycles. The van der Waals surface area contributed by atoms with Crippen LogP contribution >= 0.6 is 11.6 Å². The van der Waals surface area contributed by atoms with E-state index in [9.17, 15) is 4.79 Å². The molecule has 0 radical (unpaired) electrons. The van der Waals surface area contributed by atoms with Crippen molar-refractivity contribution in [1.29, 1.82) is 0 Å². The predicted molar refractivity (Wildman–Crippen MR) is 64.5 cm³/mol. The minimum atomic E-state index is -0.588. The Morgan fingerprint density at radius 3 is 2.75 bits per heavy atom. The molecule has 2 N–H and O–H groups in total. The van der Waals surface area contributed by atoms with Crippen molar-refractivity contribution in [2.24, 2.45) is 0 Å². The average Bonchev–Trinajstić information content (AvgIpc) is 2.16. The van der Waals surface area contributed by atoms with Crippen molar-refractivity contribution in [2.45, 2.75) is 25.8 Å². The van der Waals surface area contributed by atoms with Crippen LogP contribution in [0.15, 0.2) is 24.3 Å². The second-order valence-electron chi connectivity index (χ2n) is 4.40. The van der Waals surface area contributed by atoms with Crippen LogP contribution in [-0.2, 0) is 11.2 Å². The van der Waals surface area contributed by atoms with Gasteiger partial charge in [0.25, 0.3) is 0 Å². The van der Waals surface area contributed by atoms with Crippen LogP contribution in [0.1, 0.15) is 19.4 Å². The van der Waals surface area contributed by atoms with Gasteiger partial charge in [-0.3, -0.25) is 4.79 Å². The molecule has 1 amide bonds. The van der Waals surface area contributed by atoms with E-state index in [2.05, 4.69) is 5.32 Å². The van der Waals surface area contributed by atoms with Crippen LogP contribution in [0.2, 0.25) is 5.02 Å². The second kappa shape index (κ2) is 5.32. The third-order valence-corrected chi connectivity index (χ3v) is 2.36. The molecule has 4 heteroatoms. The molecule has 16 heavy (non-hydrogen) atoms. The average molecular weight is 242 g/mol. The minimum absolute atomic E-state index is 0.0890. The number of carbonyl (C=O) groups excluding carboxylic acids is 1. The van der Waals surface area contributed by atoms with Gasteiger partial charge in [-0.15, -0.1) is 0 Å². The molecule has 0 fully saturated rings. The first kappa shape index (κ1) is 13.0. The van der Waals surface area contributed by atoms with Crippen LogP contribution in [0.3, 0.4) is 0 Å². The van der Waals surface area contributed by atoms with Crippen LogP contribution < -0.4 is 5.32 Å². The zero-order valence-electron chi connectivity index (χ0n) is 9.46. The molecule has 0 unspecified atom stereocenters. The molecule has 0 aliphatic rings. The molecule has 1 rings (SSSR count). The topological polar surface area (TPSA) is 49.3 Å². The molecule has 0 atom stereocenters. The van der Waals surface area contributed by atoms with Gasteiger partial charge in [0.1, 0.15) is 0 Å². The number of aliphatic hydroxyl groups excluding tert-OH is 1. The lowest BCUT2D eigenvalue weighted by Gasteiger charge is -2.23. The van der Waals surface area contributed by atoms with Crippen LogP contribution in [-0.4, -0.2) is 23.2 Å². The quantitative estimate of drug-likeness (QED) is 0.844. The van der Waals surface area contributed by atoms with Crippen molar-refractivity contribution < 1.29 is 9.90 Å². The van der Waals surface area contributed by atoms with Gasteiger partial charge in [0.2, 0.25) is 5.91 Å². The van der Waals surface area contributed by atoms with E-state index in [1.54, 1.807) is 26.0 Å². The van der Waals surface area contributed by atoms with Crippen molar-refractivity contribution in [3.63, 3.8) is 0 Å². The largest absolute Gasteiger partial charge is 0.394 e.